The van der Waals surface area contributed by atoms with Crippen molar-refractivity contribution < 1.29 is 14.6 Å². The molecule has 0 spiro atoms. The van der Waals surface area contributed by atoms with Gasteiger partial charge in [-0.25, -0.2) is 0 Å². The summed E-state index contributed by atoms with van der Waals surface area (Å²) in [6, 6.07) is 6.72. The van der Waals surface area contributed by atoms with Crippen LogP contribution in [0, 0.1) is 0 Å². The molecule has 1 aromatic rings. The highest BCUT2D eigenvalue weighted by molar-refractivity contribution is 5.94. The maximum Gasteiger partial charge on any atom is 0.254 e. The Kier molecular flexibility index (Phi) is 3.42. The van der Waals surface area contributed by atoms with Gasteiger partial charge in [0.2, 0.25) is 0 Å². The Morgan fingerprint density at radius 3 is 2.74 bits per heavy atom. The number of phenols is 1. The standard InChI is InChI=1S/C15H19NO3/c17-12-7-5-11(6-8-12)15(18)16-9-10-19-14-4-2-1-3-13(14)16/h5-8,13-14,17H,1-4,9-10H2. The maximum absolute atomic E-state index is 12.6. The minimum atomic E-state index is 0.0557. The molecular formula is C15H19NO3. The summed E-state index contributed by atoms with van der Waals surface area (Å²) < 4.78 is 5.78. The topological polar surface area (TPSA) is 49.8 Å². The van der Waals surface area contributed by atoms with E-state index in [9.17, 15) is 9.90 Å². The quantitative estimate of drug-likeness (QED) is 0.843. The van der Waals surface area contributed by atoms with Crippen molar-refractivity contribution in [3.63, 3.8) is 0 Å². The summed E-state index contributed by atoms with van der Waals surface area (Å²) in [7, 11) is 0. The van der Waals surface area contributed by atoms with Crippen LogP contribution in [0.1, 0.15) is 36.0 Å². The summed E-state index contributed by atoms with van der Waals surface area (Å²) in [6.07, 6.45) is 4.67. The number of nitrogens with zero attached hydrogens (tertiary/aromatic N) is 1. The van der Waals surface area contributed by atoms with Gasteiger partial charge < -0.3 is 14.7 Å². The summed E-state index contributed by atoms with van der Waals surface area (Å²) in [4.78, 5) is 14.5. The lowest BCUT2D eigenvalue weighted by molar-refractivity contribution is -0.0752. The van der Waals surface area contributed by atoms with Crippen LogP contribution in [0.5, 0.6) is 5.75 Å². The van der Waals surface area contributed by atoms with Gasteiger partial charge in [-0.05, 0) is 37.1 Å². The summed E-state index contributed by atoms with van der Waals surface area (Å²) in [5.74, 6) is 0.245. The van der Waals surface area contributed by atoms with E-state index in [2.05, 4.69) is 0 Å². The summed E-state index contributed by atoms with van der Waals surface area (Å²) >= 11 is 0. The van der Waals surface area contributed by atoms with E-state index in [4.69, 9.17) is 4.74 Å². The van der Waals surface area contributed by atoms with Gasteiger partial charge in [-0.3, -0.25) is 4.79 Å². The van der Waals surface area contributed by atoms with Crippen molar-refractivity contribution in [1.29, 1.82) is 0 Å². The molecule has 1 aliphatic carbocycles. The number of fused-ring (bicyclic) bond motifs is 1. The van der Waals surface area contributed by atoms with E-state index in [0.717, 1.165) is 12.8 Å². The van der Waals surface area contributed by atoms with Crippen LogP contribution in [-0.2, 0) is 4.74 Å². The first kappa shape index (κ1) is 12.5. The second kappa shape index (κ2) is 5.21. The third-order valence-electron chi connectivity index (χ3n) is 4.11. The third-order valence-corrected chi connectivity index (χ3v) is 4.11. The third kappa shape index (κ3) is 2.45. The molecule has 0 radical (unpaired) electrons. The van der Waals surface area contributed by atoms with Gasteiger partial charge >= 0.3 is 0 Å². The smallest absolute Gasteiger partial charge is 0.254 e. The SMILES string of the molecule is O=C(c1ccc(O)cc1)N1CCOC2CCCCC21. The lowest BCUT2D eigenvalue weighted by Crippen LogP contribution is -2.54. The zero-order valence-electron chi connectivity index (χ0n) is 10.9. The molecule has 0 aromatic heterocycles. The number of rotatable bonds is 1. The number of morpholine rings is 1. The number of hydrogen-bond acceptors (Lipinski definition) is 3. The Labute approximate surface area is 113 Å². The number of aromatic hydroxyl groups is 1. The van der Waals surface area contributed by atoms with Gasteiger partial charge in [0.25, 0.3) is 5.91 Å². The van der Waals surface area contributed by atoms with E-state index in [1.165, 1.54) is 12.8 Å². The molecule has 3 rings (SSSR count). The number of carbonyl (C=O) groups excluding carboxylic acids is 1. The molecule has 102 valence electrons. The zero-order valence-corrected chi connectivity index (χ0v) is 10.9. The second-order valence-electron chi connectivity index (χ2n) is 5.31. The van der Waals surface area contributed by atoms with Crippen molar-refractivity contribution in [3.8, 4) is 5.75 Å². The molecule has 1 saturated heterocycles. The van der Waals surface area contributed by atoms with E-state index in [0.29, 0.717) is 18.7 Å². The number of amides is 1. The number of hydrogen-bond donors (Lipinski definition) is 1. The molecule has 1 heterocycles. The first-order valence-corrected chi connectivity index (χ1v) is 6.97. The van der Waals surface area contributed by atoms with Crippen molar-refractivity contribution in [3.05, 3.63) is 29.8 Å². The van der Waals surface area contributed by atoms with Crippen molar-refractivity contribution in [2.24, 2.45) is 0 Å². The van der Waals surface area contributed by atoms with Gasteiger partial charge in [-0.1, -0.05) is 12.8 Å². The van der Waals surface area contributed by atoms with E-state index in [1.807, 2.05) is 4.90 Å². The maximum atomic E-state index is 12.6. The number of benzene rings is 1. The molecule has 1 aliphatic heterocycles. The monoisotopic (exact) mass is 261 g/mol. The molecule has 1 aromatic carbocycles. The number of carbonyl (C=O) groups is 1. The normalized spacial score (nSPS) is 26.8. The number of ether oxygens (including phenoxy) is 1. The molecule has 2 aliphatic rings. The fourth-order valence-electron chi connectivity index (χ4n) is 3.12. The highest BCUT2D eigenvalue weighted by Gasteiger charge is 2.36. The lowest BCUT2D eigenvalue weighted by Gasteiger charge is -2.43. The largest absolute Gasteiger partial charge is 0.508 e. The van der Waals surface area contributed by atoms with E-state index < -0.39 is 0 Å². The molecule has 1 amide bonds. The van der Waals surface area contributed by atoms with Gasteiger partial charge in [0.15, 0.2) is 0 Å². The lowest BCUT2D eigenvalue weighted by atomic mass is 9.89. The van der Waals surface area contributed by atoms with Crippen LogP contribution < -0.4 is 0 Å². The fourth-order valence-corrected chi connectivity index (χ4v) is 3.12. The first-order chi connectivity index (χ1) is 9.25. The summed E-state index contributed by atoms with van der Waals surface area (Å²) in [6.45, 7) is 1.30. The molecular weight excluding hydrogens is 242 g/mol. The minimum absolute atomic E-state index is 0.0557. The van der Waals surface area contributed by atoms with Gasteiger partial charge in [-0.2, -0.15) is 0 Å². The van der Waals surface area contributed by atoms with Crippen LogP contribution >= 0.6 is 0 Å². The van der Waals surface area contributed by atoms with E-state index >= 15 is 0 Å². The second-order valence-corrected chi connectivity index (χ2v) is 5.31. The van der Waals surface area contributed by atoms with Crippen LogP contribution in [0.3, 0.4) is 0 Å². The first-order valence-electron chi connectivity index (χ1n) is 6.97. The molecule has 2 unspecified atom stereocenters. The van der Waals surface area contributed by atoms with E-state index in [1.54, 1.807) is 24.3 Å². The average molecular weight is 261 g/mol. The highest BCUT2D eigenvalue weighted by Crippen LogP contribution is 2.29. The van der Waals surface area contributed by atoms with Gasteiger partial charge in [0.1, 0.15) is 5.75 Å². The highest BCUT2D eigenvalue weighted by atomic mass is 16.5. The average Bonchev–Trinajstić information content (AvgIpc) is 2.47. The van der Waals surface area contributed by atoms with Crippen molar-refractivity contribution in [1.82, 2.24) is 4.90 Å². The predicted octanol–water partition coefficient (Wildman–Crippen LogP) is 2.18. The van der Waals surface area contributed by atoms with Gasteiger partial charge in [-0.15, -0.1) is 0 Å². The van der Waals surface area contributed by atoms with Crippen LogP contribution in [0.25, 0.3) is 0 Å². The predicted molar refractivity (Wildman–Crippen MR) is 71.1 cm³/mol. The van der Waals surface area contributed by atoms with Crippen molar-refractivity contribution >= 4 is 5.91 Å². The fraction of sp³-hybridized carbons (Fsp3) is 0.533. The van der Waals surface area contributed by atoms with Crippen LogP contribution in [0.15, 0.2) is 24.3 Å². The molecule has 4 heteroatoms. The van der Waals surface area contributed by atoms with Crippen LogP contribution in [0.2, 0.25) is 0 Å². The molecule has 2 fully saturated rings. The molecule has 2 atom stereocenters. The molecule has 0 bridgehead atoms. The number of phenolic OH excluding ortho intramolecular Hbond substituents is 1. The zero-order chi connectivity index (χ0) is 13.2. The summed E-state index contributed by atoms with van der Waals surface area (Å²) in [5.41, 5.74) is 0.643. The Morgan fingerprint density at radius 2 is 1.95 bits per heavy atom. The van der Waals surface area contributed by atoms with Crippen molar-refractivity contribution in [2.75, 3.05) is 13.2 Å². The Hall–Kier alpha value is -1.55. The Balaban J connectivity index is 1.79. The Morgan fingerprint density at radius 1 is 1.21 bits per heavy atom. The molecule has 1 saturated carbocycles. The molecule has 1 N–H and O–H groups in total. The van der Waals surface area contributed by atoms with Crippen LogP contribution in [-0.4, -0.2) is 41.2 Å². The van der Waals surface area contributed by atoms with Gasteiger partial charge in [0, 0.05) is 12.1 Å². The van der Waals surface area contributed by atoms with Crippen molar-refractivity contribution in [2.45, 2.75) is 37.8 Å². The van der Waals surface area contributed by atoms with Gasteiger partial charge in [0.05, 0.1) is 18.8 Å². The minimum Gasteiger partial charge on any atom is -0.508 e. The molecule has 4 nitrogen and oxygen atoms in total. The summed E-state index contributed by atoms with van der Waals surface area (Å²) in [5, 5.41) is 9.29. The molecule has 19 heavy (non-hydrogen) atoms. The Bertz CT molecular complexity index is 455. The van der Waals surface area contributed by atoms with Crippen LogP contribution in [0.4, 0.5) is 0 Å². The van der Waals surface area contributed by atoms with E-state index in [-0.39, 0.29) is 23.8 Å².